The molecule has 96 valence electrons. The Morgan fingerprint density at radius 3 is 3.11 bits per heavy atom. The average molecular weight is 349 g/mol. The third-order valence-electron chi connectivity index (χ3n) is 2.51. The van der Waals surface area contributed by atoms with Gasteiger partial charge in [-0.15, -0.1) is 11.8 Å². The van der Waals surface area contributed by atoms with E-state index < -0.39 is 0 Å². The number of halogens is 2. The third-order valence-corrected chi connectivity index (χ3v) is 4.89. The fourth-order valence-electron chi connectivity index (χ4n) is 1.58. The van der Waals surface area contributed by atoms with Crippen LogP contribution in [0.3, 0.4) is 0 Å². The molecule has 18 heavy (non-hydrogen) atoms. The first-order valence-corrected chi connectivity index (χ1v) is 7.48. The number of carbonyl (C=O) groups is 1. The van der Waals surface area contributed by atoms with Gasteiger partial charge in [-0.2, -0.15) is 0 Å². The van der Waals surface area contributed by atoms with Gasteiger partial charge in [-0.25, -0.2) is 0 Å². The van der Waals surface area contributed by atoms with Gasteiger partial charge in [0.2, 0.25) is 0 Å². The summed E-state index contributed by atoms with van der Waals surface area (Å²) in [5.41, 5.74) is 1.02. The van der Waals surface area contributed by atoms with Gasteiger partial charge in [-0.1, -0.05) is 17.7 Å². The van der Waals surface area contributed by atoms with Crippen molar-refractivity contribution in [1.29, 1.82) is 0 Å². The first kappa shape index (κ1) is 13.9. The highest BCUT2D eigenvalue weighted by Crippen LogP contribution is 2.29. The molecule has 0 spiro atoms. The minimum Gasteiger partial charge on any atom is -0.469 e. The molecule has 0 N–H and O–H groups in total. The minimum absolute atomic E-state index is 0.00639. The van der Waals surface area contributed by atoms with Crippen LogP contribution in [0, 0.1) is 0 Å². The number of aliphatic imine (C=N–C) groups is 1. The van der Waals surface area contributed by atoms with Gasteiger partial charge in [0.25, 0.3) is 0 Å². The Hall–Kier alpha value is -0.520. The molecule has 1 heterocycles. The second-order valence-electron chi connectivity index (χ2n) is 3.81. The zero-order valence-corrected chi connectivity index (χ0v) is 12.8. The van der Waals surface area contributed by atoms with Crippen LogP contribution in [0.4, 0.5) is 0 Å². The zero-order valence-electron chi connectivity index (χ0n) is 9.65. The van der Waals surface area contributed by atoms with E-state index in [0.717, 1.165) is 20.8 Å². The summed E-state index contributed by atoms with van der Waals surface area (Å²) in [5.74, 6) is 0.591. The van der Waals surface area contributed by atoms with E-state index in [4.69, 9.17) is 11.6 Å². The van der Waals surface area contributed by atoms with E-state index >= 15 is 0 Å². The van der Waals surface area contributed by atoms with Crippen molar-refractivity contribution in [3.8, 4) is 0 Å². The second kappa shape index (κ2) is 6.08. The van der Waals surface area contributed by atoms with Gasteiger partial charge in [0, 0.05) is 15.8 Å². The lowest BCUT2D eigenvalue weighted by atomic mass is 10.2. The molecular weight excluding hydrogens is 338 g/mol. The Labute approximate surface area is 123 Å². The van der Waals surface area contributed by atoms with Crippen molar-refractivity contribution in [2.24, 2.45) is 4.99 Å². The summed E-state index contributed by atoms with van der Waals surface area (Å²) in [4.78, 5) is 15.7. The summed E-state index contributed by atoms with van der Waals surface area (Å²) in [6.07, 6.45) is 0.335. The number of esters is 1. The van der Waals surface area contributed by atoms with Gasteiger partial charge in [0.15, 0.2) is 0 Å². The summed E-state index contributed by atoms with van der Waals surface area (Å²) in [6, 6.07) is 5.71. The van der Waals surface area contributed by atoms with Crippen LogP contribution < -0.4 is 0 Å². The maximum absolute atomic E-state index is 11.2. The maximum atomic E-state index is 11.2. The van der Waals surface area contributed by atoms with E-state index in [0.29, 0.717) is 11.4 Å². The molecule has 0 radical (unpaired) electrons. The third kappa shape index (κ3) is 3.28. The van der Waals surface area contributed by atoms with Crippen LogP contribution in [0.2, 0.25) is 5.02 Å². The molecule has 0 saturated carbocycles. The van der Waals surface area contributed by atoms with Crippen LogP contribution >= 0.6 is 39.3 Å². The predicted octanol–water partition coefficient (Wildman–Crippen LogP) is 3.53. The molecule has 2 rings (SSSR count). The van der Waals surface area contributed by atoms with Crippen molar-refractivity contribution >= 4 is 50.3 Å². The number of thioether (sulfide) groups is 1. The molecule has 0 aromatic heterocycles. The number of carbonyl (C=O) groups excluding carboxylic acids is 1. The Morgan fingerprint density at radius 1 is 1.67 bits per heavy atom. The number of rotatable bonds is 3. The minimum atomic E-state index is -0.220. The van der Waals surface area contributed by atoms with Crippen molar-refractivity contribution in [2.45, 2.75) is 12.5 Å². The van der Waals surface area contributed by atoms with Gasteiger partial charge in [0.1, 0.15) is 0 Å². The number of ether oxygens (including phenoxy) is 1. The van der Waals surface area contributed by atoms with E-state index in [1.165, 1.54) is 7.11 Å². The van der Waals surface area contributed by atoms with Crippen molar-refractivity contribution in [2.75, 3.05) is 12.9 Å². The Morgan fingerprint density at radius 2 is 2.44 bits per heavy atom. The highest BCUT2D eigenvalue weighted by Gasteiger charge is 2.22. The van der Waals surface area contributed by atoms with E-state index in [2.05, 4.69) is 25.7 Å². The number of hydrogen-bond donors (Lipinski definition) is 0. The van der Waals surface area contributed by atoms with Gasteiger partial charge in [-0.3, -0.25) is 9.79 Å². The van der Waals surface area contributed by atoms with Crippen LogP contribution in [0.15, 0.2) is 27.7 Å². The van der Waals surface area contributed by atoms with Gasteiger partial charge >= 0.3 is 5.97 Å². The van der Waals surface area contributed by atoms with E-state index in [9.17, 15) is 4.79 Å². The first-order chi connectivity index (χ1) is 8.60. The SMILES string of the molecule is COC(=O)CC1CSC(c2ccc(Cl)c(Br)c2)=N1. The molecule has 1 aliphatic heterocycles. The lowest BCUT2D eigenvalue weighted by molar-refractivity contribution is -0.140. The molecule has 0 saturated heterocycles. The quantitative estimate of drug-likeness (QED) is 0.784. The standard InChI is InChI=1S/C12H11BrClNO2S/c1-17-11(16)5-8-6-18-12(15-8)7-2-3-10(14)9(13)4-7/h2-4,8H,5-6H2,1H3. The molecule has 1 aromatic rings. The Balaban J connectivity index is 2.12. The molecule has 1 aliphatic rings. The van der Waals surface area contributed by atoms with Crippen LogP contribution in [0.1, 0.15) is 12.0 Å². The molecule has 1 atom stereocenters. The normalized spacial score (nSPS) is 18.6. The van der Waals surface area contributed by atoms with Gasteiger partial charge in [0.05, 0.1) is 29.6 Å². The van der Waals surface area contributed by atoms with Crippen molar-refractivity contribution in [3.63, 3.8) is 0 Å². The molecular formula is C12H11BrClNO2S. The van der Waals surface area contributed by atoms with Crippen molar-refractivity contribution in [1.82, 2.24) is 0 Å². The monoisotopic (exact) mass is 347 g/mol. The molecule has 1 aromatic carbocycles. The summed E-state index contributed by atoms with van der Waals surface area (Å²) in [6.45, 7) is 0. The number of nitrogens with zero attached hydrogens (tertiary/aromatic N) is 1. The average Bonchev–Trinajstić information content (AvgIpc) is 2.81. The highest BCUT2D eigenvalue weighted by molar-refractivity contribution is 9.10. The smallest absolute Gasteiger partial charge is 0.307 e. The molecule has 0 amide bonds. The van der Waals surface area contributed by atoms with Crippen LogP contribution in [0.5, 0.6) is 0 Å². The van der Waals surface area contributed by atoms with Gasteiger partial charge in [-0.05, 0) is 28.1 Å². The summed E-state index contributed by atoms with van der Waals surface area (Å²) in [7, 11) is 1.39. The van der Waals surface area contributed by atoms with Gasteiger partial charge < -0.3 is 4.74 Å². The zero-order chi connectivity index (χ0) is 13.1. The van der Waals surface area contributed by atoms with E-state index in [-0.39, 0.29) is 12.0 Å². The Bertz CT molecular complexity index is 507. The highest BCUT2D eigenvalue weighted by atomic mass is 79.9. The topological polar surface area (TPSA) is 38.7 Å². The summed E-state index contributed by atoms with van der Waals surface area (Å²) in [5, 5.41) is 1.62. The van der Waals surface area contributed by atoms with E-state index in [1.54, 1.807) is 11.8 Å². The fraction of sp³-hybridized carbons (Fsp3) is 0.333. The van der Waals surface area contributed by atoms with Crippen LogP contribution in [0.25, 0.3) is 0 Å². The van der Waals surface area contributed by atoms with Crippen molar-refractivity contribution < 1.29 is 9.53 Å². The number of methoxy groups -OCH3 is 1. The Kier molecular flexibility index (Phi) is 4.70. The van der Waals surface area contributed by atoms with Crippen LogP contribution in [-0.2, 0) is 9.53 Å². The molecule has 3 nitrogen and oxygen atoms in total. The molecule has 0 fully saturated rings. The largest absolute Gasteiger partial charge is 0.469 e. The molecule has 6 heteroatoms. The molecule has 0 aliphatic carbocycles. The number of hydrogen-bond acceptors (Lipinski definition) is 4. The van der Waals surface area contributed by atoms with E-state index in [1.807, 2.05) is 18.2 Å². The van der Waals surface area contributed by atoms with Crippen LogP contribution in [-0.4, -0.2) is 29.9 Å². The lowest BCUT2D eigenvalue weighted by Crippen LogP contribution is -2.12. The second-order valence-corrected chi connectivity index (χ2v) is 6.08. The number of benzene rings is 1. The maximum Gasteiger partial charge on any atom is 0.307 e. The van der Waals surface area contributed by atoms with Crippen molar-refractivity contribution in [3.05, 3.63) is 33.3 Å². The predicted molar refractivity (Wildman–Crippen MR) is 78.6 cm³/mol. The first-order valence-electron chi connectivity index (χ1n) is 5.33. The molecule has 1 unspecified atom stereocenters. The lowest BCUT2D eigenvalue weighted by Gasteiger charge is -2.02. The summed E-state index contributed by atoms with van der Waals surface area (Å²) >= 11 is 11.0. The fourth-order valence-corrected chi connectivity index (χ4v) is 3.14. The molecule has 0 bridgehead atoms. The summed E-state index contributed by atoms with van der Waals surface area (Å²) < 4.78 is 5.49.